The van der Waals surface area contributed by atoms with Gasteiger partial charge in [-0.05, 0) is 0 Å². The maximum absolute atomic E-state index is 2.64. The van der Waals surface area contributed by atoms with Gasteiger partial charge in [-0.2, -0.15) is 0 Å². The molecule has 0 heterocycles. The van der Waals surface area contributed by atoms with Crippen molar-refractivity contribution in [3.05, 3.63) is 73.1 Å². The summed E-state index contributed by atoms with van der Waals surface area (Å²) in [4.78, 5) is 0. The molecule has 0 atom stereocenters. The van der Waals surface area contributed by atoms with Crippen molar-refractivity contribution < 1.29 is 46.1 Å². The van der Waals surface area contributed by atoms with Crippen LogP contribution >= 0.6 is 0 Å². The van der Waals surface area contributed by atoms with Crippen LogP contribution in [0.1, 0.15) is 113 Å². The summed E-state index contributed by atoms with van der Waals surface area (Å²) in [5, 5.41) is 0. The third kappa shape index (κ3) is 5.21. The fourth-order valence-electron chi connectivity index (χ4n) is 9.76. The number of aryl methyl sites for hydroxylation is 1. The van der Waals surface area contributed by atoms with Crippen LogP contribution in [0.2, 0.25) is 0 Å². The predicted molar refractivity (Wildman–Crippen MR) is 165 cm³/mol. The van der Waals surface area contributed by atoms with E-state index in [4.69, 9.17) is 0 Å². The molecule has 2 aromatic carbocycles. The first-order valence-corrected chi connectivity index (χ1v) is 19.5. The van der Waals surface area contributed by atoms with Crippen molar-refractivity contribution in [2.45, 2.75) is 111 Å². The van der Waals surface area contributed by atoms with Gasteiger partial charge < -0.3 is 24.8 Å². The van der Waals surface area contributed by atoms with Crippen molar-refractivity contribution in [3.8, 4) is 11.1 Å². The fraction of sp³-hybridized carbons (Fsp3) is 0.553. The topological polar surface area (TPSA) is 0 Å². The number of halogens is 2. The van der Waals surface area contributed by atoms with Crippen LogP contribution in [-0.2, 0) is 38.5 Å². The first-order chi connectivity index (χ1) is 18.4. The van der Waals surface area contributed by atoms with Gasteiger partial charge in [0.25, 0.3) is 0 Å². The third-order valence-corrected chi connectivity index (χ3v) is 19.9. The van der Waals surface area contributed by atoms with E-state index in [-0.39, 0.29) is 35.6 Å². The standard InChI is InChI=1S/C23H29.C10H14.C5H5.2ClH.Zr/c1-14-9-16-11-17-10-15(2)21(23(6,7)8)13-19(17)18(16)12-20(14)22(3,4)5;1-7-2-9-4-8(1)5-10(3-7)6-9;1-2-4-5-3-1;;;/h9,12-13H,11H2,1-8H3;7-10H,1-5H2;1-3H,4H2;2*1H;/q;;;;;+2/p-2. The van der Waals surface area contributed by atoms with Gasteiger partial charge in [-0.25, -0.2) is 0 Å². The van der Waals surface area contributed by atoms with Gasteiger partial charge in [-0.3, -0.25) is 0 Å². The summed E-state index contributed by atoms with van der Waals surface area (Å²) in [6, 6.07) is 7.80. The van der Waals surface area contributed by atoms with Crippen molar-refractivity contribution in [3.63, 3.8) is 0 Å². The van der Waals surface area contributed by atoms with Crippen molar-refractivity contribution in [1.29, 1.82) is 0 Å². The number of benzene rings is 2. The Morgan fingerprint density at radius 3 is 1.85 bits per heavy atom. The van der Waals surface area contributed by atoms with E-state index in [9.17, 15) is 0 Å². The number of hydrogen-bond acceptors (Lipinski definition) is 0. The van der Waals surface area contributed by atoms with Crippen molar-refractivity contribution >= 4 is 6.48 Å². The third-order valence-electron chi connectivity index (χ3n) is 11.1. The van der Waals surface area contributed by atoms with Crippen LogP contribution in [-0.4, -0.2) is 3.21 Å². The number of hydrogen-bond donors (Lipinski definition) is 0. The van der Waals surface area contributed by atoms with Crippen molar-refractivity contribution in [2.24, 2.45) is 23.7 Å². The molecule has 3 heteroatoms. The van der Waals surface area contributed by atoms with Crippen LogP contribution in [0.3, 0.4) is 0 Å². The molecule has 41 heavy (non-hydrogen) atoms. The van der Waals surface area contributed by atoms with E-state index < -0.39 is 21.3 Å². The molecule has 0 saturated heterocycles. The number of rotatable bonds is 2. The van der Waals surface area contributed by atoms with E-state index in [1.54, 1.807) is 39.8 Å². The molecule has 0 amide bonds. The summed E-state index contributed by atoms with van der Waals surface area (Å²) in [6.45, 7) is 19.4. The Bertz CT molecular complexity index is 1460. The minimum Gasteiger partial charge on any atom is -1.00 e. The molecule has 0 aliphatic heterocycles. The smallest absolute Gasteiger partial charge is 1.00 e. The Hall–Kier alpha value is -0.747. The summed E-state index contributed by atoms with van der Waals surface area (Å²) < 4.78 is 5.93. The summed E-state index contributed by atoms with van der Waals surface area (Å²) in [5.41, 5.74) is 13.0. The molecule has 6 aliphatic rings. The zero-order chi connectivity index (χ0) is 27.4. The van der Waals surface area contributed by atoms with Crippen LogP contribution in [0.5, 0.6) is 0 Å². The second-order valence-electron chi connectivity index (χ2n) is 15.9. The Morgan fingerprint density at radius 2 is 1.32 bits per heavy atom. The summed E-state index contributed by atoms with van der Waals surface area (Å²) >= 11 is -2.30. The van der Waals surface area contributed by atoms with Crippen LogP contribution in [0.15, 0.2) is 39.7 Å². The van der Waals surface area contributed by atoms with Crippen LogP contribution in [0, 0.1) is 37.5 Å². The summed E-state index contributed by atoms with van der Waals surface area (Å²) in [5.74, 6) is 3.94. The van der Waals surface area contributed by atoms with Gasteiger partial charge in [0.05, 0.1) is 0 Å². The molecular formula is C38H48Cl2Zr. The Kier molecular flexibility index (Phi) is 8.50. The molecule has 0 nitrogen and oxygen atoms in total. The molecular weight excluding hydrogens is 619 g/mol. The molecule has 0 aromatic heterocycles. The van der Waals surface area contributed by atoms with Crippen LogP contribution in [0.25, 0.3) is 11.1 Å². The van der Waals surface area contributed by atoms with E-state index in [1.807, 2.05) is 6.55 Å². The molecule has 4 fully saturated rings. The summed E-state index contributed by atoms with van der Waals surface area (Å²) in [7, 11) is 0. The zero-order valence-corrected chi connectivity index (χ0v) is 30.4. The van der Waals surface area contributed by atoms with Gasteiger partial charge in [0, 0.05) is 0 Å². The number of allylic oxidation sites excluding steroid dienone is 4. The van der Waals surface area contributed by atoms with Gasteiger partial charge in [0.15, 0.2) is 0 Å². The second-order valence-corrected chi connectivity index (χ2v) is 22.0. The molecule has 4 bridgehead atoms. The van der Waals surface area contributed by atoms with Crippen LogP contribution < -0.4 is 28.1 Å². The number of fused-ring (bicyclic) bond motifs is 3. The maximum atomic E-state index is 2.64. The molecule has 2 aromatic rings. The van der Waals surface area contributed by atoms with E-state index >= 15 is 0 Å². The van der Waals surface area contributed by atoms with E-state index in [0.717, 1.165) is 30.1 Å². The van der Waals surface area contributed by atoms with Crippen molar-refractivity contribution in [2.75, 3.05) is 0 Å². The Labute approximate surface area is 269 Å². The minimum absolute atomic E-state index is 0. The molecule has 0 N–H and O–H groups in total. The maximum Gasteiger partial charge on any atom is -1.00 e. The average Bonchev–Trinajstić information content (AvgIpc) is 3.47. The molecule has 0 unspecified atom stereocenters. The van der Waals surface area contributed by atoms with Gasteiger partial charge in [0.1, 0.15) is 0 Å². The largest absolute Gasteiger partial charge is 1.00 e. The van der Waals surface area contributed by atoms with Crippen molar-refractivity contribution in [1.82, 2.24) is 0 Å². The van der Waals surface area contributed by atoms with Gasteiger partial charge in [-0.1, -0.05) is 0 Å². The quantitative estimate of drug-likeness (QED) is 0.395. The zero-order valence-electron chi connectivity index (χ0n) is 26.5. The average molecular weight is 667 g/mol. The monoisotopic (exact) mass is 664 g/mol. The first kappa shape index (κ1) is 31.7. The SMILES string of the molecule is Cc1cc2c(cc1C(C)(C)C)-c1cc(C(C)(C)C)c(C)[c]([Zr+2]([C]3=CC=CC3)=[C]3C4CC5CC(C4)CC3C5)c1C2.[Cl-].[Cl-]. The van der Waals surface area contributed by atoms with Gasteiger partial charge >= 0.3 is 247 Å². The molecule has 218 valence electrons. The molecule has 6 aliphatic carbocycles. The van der Waals surface area contributed by atoms with E-state index in [2.05, 4.69) is 95.0 Å². The van der Waals surface area contributed by atoms with E-state index in [1.165, 1.54) is 43.2 Å². The normalized spacial score (nSPS) is 25.2. The fourth-order valence-corrected chi connectivity index (χ4v) is 19.3. The second kappa shape index (κ2) is 11.0. The van der Waals surface area contributed by atoms with Gasteiger partial charge in [0.2, 0.25) is 0 Å². The molecule has 8 rings (SSSR count). The summed E-state index contributed by atoms with van der Waals surface area (Å²) in [6.07, 6.45) is 17.4. The molecule has 0 spiro atoms. The molecule has 4 saturated carbocycles. The molecule has 0 radical (unpaired) electrons. The van der Waals surface area contributed by atoms with E-state index in [0.29, 0.717) is 0 Å². The van der Waals surface area contributed by atoms with Gasteiger partial charge in [-0.15, -0.1) is 0 Å². The first-order valence-electron chi connectivity index (χ1n) is 15.8. The Morgan fingerprint density at radius 1 is 0.732 bits per heavy atom. The predicted octanol–water partition coefficient (Wildman–Crippen LogP) is 3.19. The Balaban J connectivity index is 0.00000169. The minimum atomic E-state index is -2.30. The van der Waals surface area contributed by atoms with Crippen LogP contribution in [0.4, 0.5) is 0 Å².